The average Bonchev–Trinajstić information content (AvgIpc) is 2.61. The van der Waals surface area contributed by atoms with E-state index in [-0.39, 0.29) is 23.2 Å². The highest BCUT2D eigenvalue weighted by molar-refractivity contribution is 5.97. The number of benzene rings is 1. The maximum absolute atomic E-state index is 13.0. The SMILES string of the molecule is Cc1nc(N2CCC(C(=O)c3ccc(F)cc3)CC2)ccc1[N+](=O)[O-]. The van der Waals surface area contributed by atoms with E-state index in [4.69, 9.17) is 0 Å². The molecule has 1 aromatic heterocycles. The average molecular weight is 343 g/mol. The zero-order chi connectivity index (χ0) is 18.0. The highest BCUT2D eigenvalue weighted by Crippen LogP contribution is 2.27. The van der Waals surface area contributed by atoms with Crippen LogP contribution in [0.25, 0.3) is 0 Å². The lowest BCUT2D eigenvalue weighted by Gasteiger charge is -2.32. The maximum Gasteiger partial charge on any atom is 0.290 e. The van der Waals surface area contributed by atoms with Crippen LogP contribution in [0, 0.1) is 28.8 Å². The Bertz CT molecular complexity index is 800. The van der Waals surface area contributed by atoms with Gasteiger partial charge in [-0.15, -0.1) is 0 Å². The van der Waals surface area contributed by atoms with Gasteiger partial charge in [-0.1, -0.05) is 0 Å². The number of nitro groups is 1. The maximum atomic E-state index is 13.0. The largest absolute Gasteiger partial charge is 0.357 e. The molecule has 7 heteroatoms. The second-order valence-electron chi connectivity index (χ2n) is 6.16. The van der Waals surface area contributed by atoms with Crippen LogP contribution < -0.4 is 4.90 Å². The molecule has 1 saturated heterocycles. The molecule has 0 amide bonds. The van der Waals surface area contributed by atoms with E-state index in [1.807, 2.05) is 4.90 Å². The second-order valence-corrected chi connectivity index (χ2v) is 6.16. The van der Waals surface area contributed by atoms with Crippen LogP contribution in [0.5, 0.6) is 0 Å². The number of aromatic nitrogens is 1. The summed E-state index contributed by atoms with van der Waals surface area (Å²) >= 11 is 0. The van der Waals surface area contributed by atoms with E-state index in [0.717, 1.165) is 0 Å². The fourth-order valence-electron chi connectivity index (χ4n) is 3.13. The Kier molecular flexibility index (Phi) is 4.74. The number of hydrogen-bond donors (Lipinski definition) is 0. The zero-order valence-electron chi connectivity index (χ0n) is 13.8. The second kappa shape index (κ2) is 6.96. The summed E-state index contributed by atoms with van der Waals surface area (Å²) in [5.74, 6) is 0.273. The fraction of sp³-hybridized carbons (Fsp3) is 0.333. The summed E-state index contributed by atoms with van der Waals surface area (Å²) in [6, 6.07) is 8.75. The number of anilines is 1. The van der Waals surface area contributed by atoms with Crippen molar-refractivity contribution in [2.45, 2.75) is 19.8 Å². The number of carbonyl (C=O) groups is 1. The van der Waals surface area contributed by atoms with E-state index in [0.29, 0.717) is 43.0 Å². The summed E-state index contributed by atoms with van der Waals surface area (Å²) in [5.41, 5.74) is 0.918. The third kappa shape index (κ3) is 3.65. The van der Waals surface area contributed by atoms with E-state index in [1.54, 1.807) is 13.0 Å². The van der Waals surface area contributed by atoms with E-state index in [2.05, 4.69) is 4.98 Å². The predicted molar refractivity (Wildman–Crippen MR) is 91.3 cm³/mol. The Morgan fingerprint density at radius 3 is 2.40 bits per heavy atom. The molecule has 0 saturated carbocycles. The molecule has 0 aliphatic carbocycles. The molecule has 6 nitrogen and oxygen atoms in total. The summed E-state index contributed by atoms with van der Waals surface area (Å²) in [6.07, 6.45) is 1.35. The van der Waals surface area contributed by atoms with Gasteiger partial charge in [0.2, 0.25) is 0 Å². The van der Waals surface area contributed by atoms with Crippen molar-refractivity contribution in [2.75, 3.05) is 18.0 Å². The molecule has 1 aliphatic heterocycles. The number of carbonyl (C=O) groups excluding carboxylic acids is 1. The molecule has 0 bridgehead atoms. The molecule has 3 rings (SSSR count). The molecule has 130 valence electrons. The molecular formula is C18H18FN3O3. The molecular weight excluding hydrogens is 325 g/mol. The minimum atomic E-state index is -0.445. The first-order valence-electron chi connectivity index (χ1n) is 8.12. The molecule has 0 spiro atoms. The van der Waals surface area contributed by atoms with Crippen LogP contribution in [0.3, 0.4) is 0 Å². The number of aryl methyl sites for hydroxylation is 1. The minimum Gasteiger partial charge on any atom is -0.357 e. The third-order valence-electron chi connectivity index (χ3n) is 4.56. The van der Waals surface area contributed by atoms with Gasteiger partial charge in [0.05, 0.1) is 4.92 Å². The van der Waals surface area contributed by atoms with Gasteiger partial charge in [0.25, 0.3) is 5.69 Å². The monoisotopic (exact) mass is 343 g/mol. The summed E-state index contributed by atoms with van der Waals surface area (Å²) in [7, 11) is 0. The minimum absolute atomic E-state index is 0.00474. The van der Waals surface area contributed by atoms with Gasteiger partial charge in [0.15, 0.2) is 5.78 Å². The molecule has 0 N–H and O–H groups in total. The topological polar surface area (TPSA) is 76.3 Å². The molecule has 25 heavy (non-hydrogen) atoms. The zero-order valence-corrected chi connectivity index (χ0v) is 13.8. The lowest BCUT2D eigenvalue weighted by molar-refractivity contribution is -0.385. The van der Waals surface area contributed by atoms with Crippen molar-refractivity contribution < 1.29 is 14.1 Å². The van der Waals surface area contributed by atoms with Crippen LogP contribution in [0.15, 0.2) is 36.4 Å². The van der Waals surface area contributed by atoms with Crippen LogP contribution in [-0.2, 0) is 0 Å². The van der Waals surface area contributed by atoms with Gasteiger partial charge in [-0.05, 0) is 50.1 Å². The molecule has 0 atom stereocenters. The van der Waals surface area contributed by atoms with Gasteiger partial charge < -0.3 is 4.90 Å². The number of halogens is 1. The van der Waals surface area contributed by atoms with Gasteiger partial charge >= 0.3 is 0 Å². The van der Waals surface area contributed by atoms with Crippen molar-refractivity contribution in [3.8, 4) is 0 Å². The Hall–Kier alpha value is -2.83. The number of rotatable bonds is 4. The van der Waals surface area contributed by atoms with Gasteiger partial charge in [-0.2, -0.15) is 0 Å². The molecule has 1 aliphatic rings. The van der Waals surface area contributed by atoms with Crippen molar-refractivity contribution in [3.63, 3.8) is 0 Å². The molecule has 1 aromatic carbocycles. The normalized spacial score (nSPS) is 15.2. The summed E-state index contributed by atoms with van der Waals surface area (Å²) < 4.78 is 13.0. The predicted octanol–water partition coefficient (Wildman–Crippen LogP) is 3.54. The standard InChI is InChI=1S/C18H18FN3O3/c1-12-16(22(24)25)6-7-17(20-12)21-10-8-14(9-11-21)18(23)13-2-4-15(19)5-3-13/h2-7,14H,8-11H2,1H3. The first kappa shape index (κ1) is 17.0. The molecule has 0 unspecified atom stereocenters. The number of ketones is 1. The van der Waals surface area contributed by atoms with Gasteiger partial charge in [0.1, 0.15) is 17.3 Å². The first-order valence-corrected chi connectivity index (χ1v) is 8.12. The van der Waals surface area contributed by atoms with Crippen LogP contribution in [0.4, 0.5) is 15.9 Å². The van der Waals surface area contributed by atoms with Gasteiger partial charge in [-0.3, -0.25) is 14.9 Å². The highest BCUT2D eigenvalue weighted by Gasteiger charge is 2.27. The quantitative estimate of drug-likeness (QED) is 0.482. The fourth-order valence-corrected chi connectivity index (χ4v) is 3.13. The molecule has 0 radical (unpaired) electrons. The van der Waals surface area contributed by atoms with Gasteiger partial charge in [-0.25, -0.2) is 9.37 Å². The molecule has 2 aromatic rings. The van der Waals surface area contributed by atoms with Gasteiger partial charge in [0, 0.05) is 30.6 Å². The van der Waals surface area contributed by atoms with Crippen LogP contribution in [0.2, 0.25) is 0 Å². The number of nitrogens with zero attached hydrogens (tertiary/aromatic N) is 3. The highest BCUT2D eigenvalue weighted by atomic mass is 19.1. The molecule has 2 heterocycles. The van der Waals surface area contributed by atoms with Crippen LogP contribution >= 0.6 is 0 Å². The van der Waals surface area contributed by atoms with Crippen LogP contribution in [-0.4, -0.2) is 28.8 Å². The van der Waals surface area contributed by atoms with E-state index in [9.17, 15) is 19.3 Å². The van der Waals surface area contributed by atoms with E-state index < -0.39 is 4.92 Å². The molecule has 1 fully saturated rings. The Labute approximate surface area is 144 Å². The number of pyridine rings is 1. The van der Waals surface area contributed by atoms with Crippen molar-refractivity contribution in [3.05, 3.63) is 63.6 Å². The number of Topliss-reactive ketones (excluding diaryl/α,β-unsaturated/α-hetero) is 1. The first-order chi connectivity index (χ1) is 12.0. The van der Waals surface area contributed by atoms with Crippen molar-refractivity contribution in [2.24, 2.45) is 5.92 Å². The van der Waals surface area contributed by atoms with Crippen LogP contribution in [0.1, 0.15) is 28.9 Å². The summed E-state index contributed by atoms with van der Waals surface area (Å²) in [5, 5.41) is 10.9. The third-order valence-corrected chi connectivity index (χ3v) is 4.56. The summed E-state index contributed by atoms with van der Waals surface area (Å²) in [6.45, 7) is 2.93. The van der Waals surface area contributed by atoms with Crippen molar-refractivity contribution >= 4 is 17.3 Å². The lowest BCUT2D eigenvalue weighted by Crippen LogP contribution is -2.37. The smallest absolute Gasteiger partial charge is 0.290 e. The number of piperidine rings is 1. The van der Waals surface area contributed by atoms with E-state index >= 15 is 0 Å². The summed E-state index contributed by atoms with van der Waals surface area (Å²) in [4.78, 5) is 29.3. The van der Waals surface area contributed by atoms with Crippen molar-refractivity contribution in [1.82, 2.24) is 4.98 Å². The van der Waals surface area contributed by atoms with E-state index in [1.165, 1.54) is 30.3 Å². The lowest BCUT2D eigenvalue weighted by atomic mass is 9.89. The Morgan fingerprint density at radius 2 is 1.84 bits per heavy atom. The Morgan fingerprint density at radius 1 is 1.20 bits per heavy atom. The Balaban J connectivity index is 1.65. The number of hydrogen-bond acceptors (Lipinski definition) is 5. The van der Waals surface area contributed by atoms with Crippen molar-refractivity contribution in [1.29, 1.82) is 0 Å².